The van der Waals surface area contributed by atoms with Crippen molar-refractivity contribution in [3.05, 3.63) is 24.0 Å². The summed E-state index contributed by atoms with van der Waals surface area (Å²) >= 11 is 0. The molecule has 1 atom stereocenters. The molecule has 19 heavy (non-hydrogen) atoms. The third-order valence-corrected chi connectivity index (χ3v) is 3.57. The second-order valence-electron chi connectivity index (χ2n) is 5.29. The number of hydrogen-bond donors (Lipinski definition) is 2. The lowest BCUT2D eigenvalue weighted by Crippen LogP contribution is -2.23. The molecule has 0 spiro atoms. The molecule has 0 aliphatic heterocycles. The van der Waals surface area contributed by atoms with Crippen LogP contribution in [0.4, 0.5) is 0 Å². The van der Waals surface area contributed by atoms with Gasteiger partial charge in [-0.15, -0.1) is 0 Å². The summed E-state index contributed by atoms with van der Waals surface area (Å²) in [6, 6.07) is 2.75. The Labute approximate surface area is 115 Å². The lowest BCUT2D eigenvalue weighted by Gasteiger charge is -2.16. The number of ether oxygens (including phenoxy) is 1. The van der Waals surface area contributed by atoms with Crippen LogP contribution in [0.2, 0.25) is 0 Å². The van der Waals surface area contributed by atoms with Gasteiger partial charge in [0.05, 0.1) is 19.8 Å². The smallest absolute Gasteiger partial charge is 0.0698 e. The van der Waals surface area contributed by atoms with E-state index in [1.54, 1.807) is 0 Å². The molecular weight excluding hydrogens is 240 g/mol. The molecule has 2 N–H and O–H groups in total. The zero-order chi connectivity index (χ0) is 13.5. The summed E-state index contributed by atoms with van der Waals surface area (Å²) in [6.07, 6.45) is 8.24. The molecule has 1 aliphatic carbocycles. The van der Waals surface area contributed by atoms with E-state index in [-0.39, 0.29) is 6.61 Å². The average Bonchev–Trinajstić information content (AvgIpc) is 3.15. The van der Waals surface area contributed by atoms with Crippen LogP contribution in [-0.4, -0.2) is 36.0 Å². The normalized spacial score (nSPS) is 16.7. The average molecular weight is 266 g/mol. The first-order chi connectivity index (χ1) is 9.35. The zero-order valence-corrected chi connectivity index (χ0v) is 11.8. The Balaban J connectivity index is 1.83. The summed E-state index contributed by atoms with van der Waals surface area (Å²) < 4.78 is 7.47. The molecule has 1 fully saturated rings. The van der Waals surface area contributed by atoms with Crippen LogP contribution in [0.3, 0.4) is 0 Å². The van der Waals surface area contributed by atoms with Crippen molar-refractivity contribution in [2.75, 3.05) is 26.4 Å². The van der Waals surface area contributed by atoms with E-state index in [9.17, 15) is 0 Å². The molecule has 0 amide bonds. The minimum absolute atomic E-state index is 0.0988. The van der Waals surface area contributed by atoms with E-state index in [1.165, 1.54) is 24.8 Å². The van der Waals surface area contributed by atoms with Gasteiger partial charge >= 0.3 is 0 Å². The molecule has 0 aromatic carbocycles. The van der Waals surface area contributed by atoms with Gasteiger partial charge in [-0.05, 0) is 43.4 Å². The second kappa shape index (κ2) is 7.68. The number of nitrogens with one attached hydrogen (secondary N) is 1. The highest BCUT2D eigenvalue weighted by Gasteiger charge is 2.32. The summed E-state index contributed by atoms with van der Waals surface area (Å²) in [7, 11) is 0. The van der Waals surface area contributed by atoms with E-state index in [4.69, 9.17) is 9.84 Å². The van der Waals surface area contributed by atoms with Gasteiger partial charge in [0.1, 0.15) is 0 Å². The lowest BCUT2D eigenvalue weighted by molar-refractivity contribution is 0.0870. The van der Waals surface area contributed by atoms with Gasteiger partial charge in [-0.1, -0.05) is 6.92 Å². The first-order valence-corrected chi connectivity index (χ1v) is 7.42. The van der Waals surface area contributed by atoms with E-state index < -0.39 is 0 Å². The summed E-state index contributed by atoms with van der Waals surface area (Å²) in [5.41, 5.74) is 1.40. The Morgan fingerprint density at radius 1 is 1.47 bits per heavy atom. The third kappa shape index (κ3) is 4.64. The molecule has 1 heterocycles. The molecule has 1 unspecified atom stereocenters. The Morgan fingerprint density at radius 3 is 3.00 bits per heavy atom. The van der Waals surface area contributed by atoms with Crippen LogP contribution >= 0.6 is 0 Å². The fraction of sp³-hybridized carbons (Fsp3) is 0.733. The van der Waals surface area contributed by atoms with E-state index in [0.717, 1.165) is 19.0 Å². The standard InChI is InChI=1S/C15H26N2O2/c1-2-6-16-15(13-3-4-13)14-5-7-17(12-14)8-10-19-11-9-18/h5,7,12-13,15-16,18H,2-4,6,8-11H2,1H3. The predicted molar refractivity (Wildman–Crippen MR) is 76.1 cm³/mol. The molecule has 1 aromatic rings. The maximum absolute atomic E-state index is 8.65. The van der Waals surface area contributed by atoms with Crippen molar-refractivity contribution in [3.63, 3.8) is 0 Å². The molecule has 1 aliphatic rings. The highest BCUT2D eigenvalue weighted by Crippen LogP contribution is 2.41. The maximum Gasteiger partial charge on any atom is 0.0698 e. The molecule has 2 rings (SSSR count). The van der Waals surface area contributed by atoms with Crippen molar-refractivity contribution in [3.8, 4) is 0 Å². The van der Waals surface area contributed by atoms with Gasteiger partial charge in [-0.3, -0.25) is 0 Å². The minimum Gasteiger partial charge on any atom is -0.394 e. The van der Waals surface area contributed by atoms with Gasteiger partial charge in [0, 0.05) is 25.0 Å². The Bertz CT molecular complexity index is 361. The van der Waals surface area contributed by atoms with Crippen LogP contribution < -0.4 is 5.32 Å². The van der Waals surface area contributed by atoms with Crippen LogP contribution in [0.5, 0.6) is 0 Å². The van der Waals surface area contributed by atoms with Gasteiger partial charge in [-0.25, -0.2) is 0 Å². The highest BCUT2D eigenvalue weighted by atomic mass is 16.5. The highest BCUT2D eigenvalue weighted by molar-refractivity contribution is 5.18. The fourth-order valence-electron chi connectivity index (χ4n) is 2.41. The lowest BCUT2D eigenvalue weighted by atomic mass is 10.1. The minimum atomic E-state index is 0.0988. The molecule has 1 aromatic heterocycles. The van der Waals surface area contributed by atoms with Gasteiger partial charge in [-0.2, -0.15) is 0 Å². The molecule has 0 bridgehead atoms. The van der Waals surface area contributed by atoms with E-state index in [1.807, 2.05) is 0 Å². The monoisotopic (exact) mass is 266 g/mol. The molecular formula is C15H26N2O2. The van der Waals surface area contributed by atoms with Crippen LogP contribution in [0.1, 0.15) is 37.8 Å². The van der Waals surface area contributed by atoms with Crippen molar-refractivity contribution in [2.45, 2.75) is 38.8 Å². The topological polar surface area (TPSA) is 46.4 Å². The molecule has 4 nitrogen and oxygen atoms in total. The quantitative estimate of drug-likeness (QED) is 0.636. The van der Waals surface area contributed by atoms with Crippen LogP contribution in [0.25, 0.3) is 0 Å². The van der Waals surface area contributed by atoms with Crippen molar-refractivity contribution >= 4 is 0 Å². The number of aliphatic hydroxyl groups is 1. The summed E-state index contributed by atoms with van der Waals surface area (Å²) in [4.78, 5) is 0. The largest absolute Gasteiger partial charge is 0.394 e. The van der Waals surface area contributed by atoms with E-state index in [0.29, 0.717) is 19.3 Å². The molecule has 0 radical (unpaired) electrons. The fourth-order valence-corrected chi connectivity index (χ4v) is 2.41. The number of rotatable bonds is 10. The van der Waals surface area contributed by atoms with Crippen molar-refractivity contribution in [1.82, 2.24) is 9.88 Å². The Kier molecular flexibility index (Phi) is 5.89. The van der Waals surface area contributed by atoms with Crippen molar-refractivity contribution < 1.29 is 9.84 Å². The third-order valence-electron chi connectivity index (χ3n) is 3.57. The van der Waals surface area contributed by atoms with Gasteiger partial charge < -0.3 is 19.7 Å². The van der Waals surface area contributed by atoms with Gasteiger partial charge in [0.15, 0.2) is 0 Å². The van der Waals surface area contributed by atoms with Crippen LogP contribution in [0.15, 0.2) is 18.5 Å². The molecule has 4 heteroatoms. The van der Waals surface area contributed by atoms with Crippen LogP contribution in [-0.2, 0) is 11.3 Å². The van der Waals surface area contributed by atoms with Crippen molar-refractivity contribution in [1.29, 1.82) is 0 Å². The molecule has 108 valence electrons. The summed E-state index contributed by atoms with van der Waals surface area (Å²) in [6.45, 7) is 5.33. The molecule has 1 saturated carbocycles. The molecule has 0 saturated heterocycles. The van der Waals surface area contributed by atoms with Gasteiger partial charge in [0.2, 0.25) is 0 Å². The first kappa shape index (κ1) is 14.6. The summed E-state index contributed by atoms with van der Waals surface area (Å²) in [5.74, 6) is 0.827. The number of aromatic nitrogens is 1. The number of hydrogen-bond acceptors (Lipinski definition) is 3. The van der Waals surface area contributed by atoms with E-state index in [2.05, 4.69) is 35.3 Å². The zero-order valence-electron chi connectivity index (χ0n) is 11.8. The first-order valence-electron chi connectivity index (χ1n) is 7.42. The number of nitrogens with zero attached hydrogens (tertiary/aromatic N) is 1. The van der Waals surface area contributed by atoms with E-state index >= 15 is 0 Å². The maximum atomic E-state index is 8.65. The second-order valence-corrected chi connectivity index (χ2v) is 5.29. The van der Waals surface area contributed by atoms with Crippen molar-refractivity contribution in [2.24, 2.45) is 5.92 Å². The summed E-state index contributed by atoms with van der Waals surface area (Å²) in [5, 5.41) is 12.3. The van der Waals surface area contributed by atoms with Gasteiger partial charge in [0.25, 0.3) is 0 Å². The van der Waals surface area contributed by atoms with Crippen LogP contribution in [0, 0.1) is 5.92 Å². The Hall–Kier alpha value is -0.840. The number of aliphatic hydroxyl groups excluding tert-OH is 1. The SMILES string of the molecule is CCCNC(c1ccn(CCOCCO)c1)C1CC1. The predicted octanol–water partition coefficient (Wildman–Crippen LogP) is 1.95. The Morgan fingerprint density at radius 2 is 2.32 bits per heavy atom.